The molecule has 0 bridgehead atoms. The number of hydrazine groups is 1. The summed E-state index contributed by atoms with van der Waals surface area (Å²) >= 11 is 0. The molecule has 0 spiro atoms. The maximum absolute atomic E-state index is 11.4. The second-order valence-electron chi connectivity index (χ2n) is 5.75. The zero-order chi connectivity index (χ0) is 15.5. The highest BCUT2D eigenvalue weighted by Crippen LogP contribution is 2.31. The summed E-state index contributed by atoms with van der Waals surface area (Å²) in [5, 5.41) is 11.4. The van der Waals surface area contributed by atoms with Gasteiger partial charge in [-0.1, -0.05) is 0 Å². The van der Waals surface area contributed by atoms with Crippen LogP contribution in [0.4, 0.5) is 17.3 Å². The quantitative estimate of drug-likeness (QED) is 0.624. The number of rotatable bonds is 4. The summed E-state index contributed by atoms with van der Waals surface area (Å²) in [4.78, 5) is 20.8. The van der Waals surface area contributed by atoms with E-state index < -0.39 is 4.92 Å². The SMILES string of the molecule is CC(C)(C)NNc1ncnc(N2CCOCC2)c1[N+](=O)[O-]. The van der Waals surface area contributed by atoms with Crippen LogP contribution in [0.3, 0.4) is 0 Å². The Hall–Kier alpha value is -2.00. The standard InChI is InChI=1S/C12H20N6O3/c1-12(2,3)16-15-10-9(18(19)20)11(14-8-13-10)17-4-6-21-7-5-17/h8,16H,4-7H2,1-3H3,(H,13,14,15). The third-order valence-electron chi connectivity index (χ3n) is 2.85. The number of hydrogen-bond donors (Lipinski definition) is 2. The number of morpholine rings is 1. The highest BCUT2D eigenvalue weighted by atomic mass is 16.6. The lowest BCUT2D eigenvalue weighted by molar-refractivity contribution is -0.383. The minimum atomic E-state index is -0.461. The smallest absolute Gasteiger partial charge is 0.354 e. The summed E-state index contributed by atoms with van der Waals surface area (Å²) < 4.78 is 5.26. The molecule has 0 aromatic carbocycles. The molecule has 9 heteroatoms. The molecule has 2 N–H and O–H groups in total. The molecule has 21 heavy (non-hydrogen) atoms. The third-order valence-corrected chi connectivity index (χ3v) is 2.85. The van der Waals surface area contributed by atoms with E-state index in [1.807, 2.05) is 25.7 Å². The summed E-state index contributed by atoms with van der Waals surface area (Å²) in [5.41, 5.74) is 5.41. The van der Waals surface area contributed by atoms with E-state index in [2.05, 4.69) is 20.8 Å². The lowest BCUT2D eigenvalue weighted by Gasteiger charge is -2.28. The molecule has 2 rings (SSSR count). The Kier molecular flexibility index (Phi) is 4.53. The molecule has 0 amide bonds. The zero-order valence-electron chi connectivity index (χ0n) is 12.4. The van der Waals surface area contributed by atoms with E-state index in [-0.39, 0.29) is 17.0 Å². The van der Waals surface area contributed by atoms with Crippen molar-refractivity contribution in [2.45, 2.75) is 26.3 Å². The fourth-order valence-electron chi connectivity index (χ4n) is 1.88. The fourth-order valence-corrected chi connectivity index (χ4v) is 1.88. The average Bonchev–Trinajstić information content (AvgIpc) is 2.44. The lowest BCUT2D eigenvalue weighted by atomic mass is 10.1. The van der Waals surface area contributed by atoms with Crippen molar-refractivity contribution in [2.24, 2.45) is 0 Å². The van der Waals surface area contributed by atoms with Gasteiger partial charge in [0.15, 0.2) is 0 Å². The molecule has 116 valence electrons. The van der Waals surface area contributed by atoms with Gasteiger partial charge in [0, 0.05) is 18.6 Å². The van der Waals surface area contributed by atoms with Gasteiger partial charge in [-0.3, -0.25) is 15.5 Å². The number of anilines is 2. The predicted molar refractivity (Wildman–Crippen MR) is 78.2 cm³/mol. The van der Waals surface area contributed by atoms with Crippen molar-refractivity contribution in [3.8, 4) is 0 Å². The van der Waals surface area contributed by atoms with E-state index in [9.17, 15) is 10.1 Å². The Balaban J connectivity index is 2.30. The number of aromatic nitrogens is 2. The number of nitrogens with zero attached hydrogens (tertiary/aromatic N) is 4. The Morgan fingerprint density at radius 3 is 2.57 bits per heavy atom. The van der Waals surface area contributed by atoms with Crippen LogP contribution in [0.2, 0.25) is 0 Å². The second kappa shape index (κ2) is 6.19. The molecule has 9 nitrogen and oxygen atoms in total. The topological polar surface area (TPSA) is 105 Å². The normalized spacial score (nSPS) is 15.9. The van der Waals surface area contributed by atoms with Gasteiger partial charge >= 0.3 is 5.69 Å². The van der Waals surface area contributed by atoms with Crippen molar-refractivity contribution in [1.82, 2.24) is 15.4 Å². The van der Waals surface area contributed by atoms with Gasteiger partial charge in [-0.2, -0.15) is 0 Å². The summed E-state index contributed by atoms with van der Waals surface area (Å²) in [7, 11) is 0. The summed E-state index contributed by atoms with van der Waals surface area (Å²) in [5.74, 6) is 0.475. The molecule has 0 saturated carbocycles. The Morgan fingerprint density at radius 1 is 1.33 bits per heavy atom. The molecule has 0 atom stereocenters. The number of hydrogen-bond acceptors (Lipinski definition) is 8. The van der Waals surface area contributed by atoms with Crippen LogP contribution in [-0.4, -0.2) is 46.7 Å². The molecule has 0 unspecified atom stereocenters. The Labute approximate surface area is 122 Å². The van der Waals surface area contributed by atoms with Crippen LogP contribution in [-0.2, 0) is 4.74 Å². The van der Waals surface area contributed by atoms with Crippen LogP contribution in [0.15, 0.2) is 6.33 Å². The Bertz CT molecular complexity index is 510. The van der Waals surface area contributed by atoms with Crippen molar-refractivity contribution >= 4 is 17.3 Å². The van der Waals surface area contributed by atoms with Crippen molar-refractivity contribution < 1.29 is 9.66 Å². The van der Waals surface area contributed by atoms with Gasteiger partial charge in [0.25, 0.3) is 0 Å². The second-order valence-corrected chi connectivity index (χ2v) is 5.75. The van der Waals surface area contributed by atoms with E-state index in [4.69, 9.17) is 4.74 Å². The molecule has 1 saturated heterocycles. The van der Waals surface area contributed by atoms with E-state index in [1.54, 1.807) is 0 Å². The van der Waals surface area contributed by atoms with E-state index in [0.717, 1.165) is 0 Å². The summed E-state index contributed by atoms with van der Waals surface area (Å²) in [6, 6.07) is 0. The Morgan fingerprint density at radius 2 is 2.00 bits per heavy atom. The molecular weight excluding hydrogens is 276 g/mol. The van der Waals surface area contributed by atoms with Gasteiger partial charge in [-0.15, -0.1) is 0 Å². The van der Waals surface area contributed by atoms with Gasteiger partial charge in [0.2, 0.25) is 11.6 Å². The fraction of sp³-hybridized carbons (Fsp3) is 0.667. The summed E-state index contributed by atoms with van der Waals surface area (Å²) in [6.45, 7) is 8.03. The van der Waals surface area contributed by atoms with Gasteiger partial charge in [-0.25, -0.2) is 15.4 Å². The highest BCUT2D eigenvalue weighted by Gasteiger charge is 2.28. The maximum Gasteiger partial charge on any atom is 0.354 e. The van der Waals surface area contributed by atoms with Crippen LogP contribution in [0.25, 0.3) is 0 Å². The van der Waals surface area contributed by atoms with Crippen LogP contribution >= 0.6 is 0 Å². The summed E-state index contributed by atoms with van der Waals surface area (Å²) in [6.07, 6.45) is 1.32. The van der Waals surface area contributed by atoms with E-state index in [1.165, 1.54) is 6.33 Å². The van der Waals surface area contributed by atoms with Crippen molar-refractivity contribution in [1.29, 1.82) is 0 Å². The van der Waals surface area contributed by atoms with Crippen LogP contribution < -0.4 is 15.8 Å². The van der Waals surface area contributed by atoms with Crippen molar-refractivity contribution in [3.05, 3.63) is 16.4 Å². The molecule has 0 radical (unpaired) electrons. The largest absolute Gasteiger partial charge is 0.378 e. The molecule has 0 aliphatic carbocycles. The first-order valence-corrected chi connectivity index (χ1v) is 6.74. The van der Waals surface area contributed by atoms with Crippen LogP contribution in [0, 0.1) is 10.1 Å². The molecule has 1 aromatic rings. The first-order chi connectivity index (χ1) is 9.88. The number of nitro groups is 1. The van der Waals surface area contributed by atoms with Gasteiger partial charge < -0.3 is 9.64 Å². The molecule has 1 fully saturated rings. The number of nitrogens with one attached hydrogen (secondary N) is 2. The molecule has 2 heterocycles. The average molecular weight is 296 g/mol. The molecule has 1 aliphatic heterocycles. The third kappa shape index (κ3) is 3.99. The van der Waals surface area contributed by atoms with Gasteiger partial charge in [0.1, 0.15) is 6.33 Å². The maximum atomic E-state index is 11.4. The molecule has 1 aliphatic rings. The van der Waals surface area contributed by atoms with Gasteiger partial charge in [-0.05, 0) is 20.8 Å². The monoisotopic (exact) mass is 296 g/mol. The van der Waals surface area contributed by atoms with E-state index >= 15 is 0 Å². The lowest BCUT2D eigenvalue weighted by Crippen LogP contribution is -2.41. The highest BCUT2D eigenvalue weighted by molar-refractivity contribution is 5.70. The van der Waals surface area contributed by atoms with Crippen molar-refractivity contribution in [3.63, 3.8) is 0 Å². The van der Waals surface area contributed by atoms with E-state index in [0.29, 0.717) is 32.1 Å². The van der Waals surface area contributed by atoms with Crippen LogP contribution in [0.5, 0.6) is 0 Å². The predicted octanol–water partition coefficient (Wildman–Crippen LogP) is 0.936. The molecular formula is C12H20N6O3. The zero-order valence-corrected chi connectivity index (χ0v) is 12.4. The number of ether oxygens (including phenoxy) is 1. The molecule has 1 aromatic heterocycles. The first-order valence-electron chi connectivity index (χ1n) is 6.74. The van der Waals surface area contributed by atoms with Crippen molar-refractivity contribution in [2.75, 3.05) is 36.6 Å². The minimum absolute atomic E-state index is 0.129. The van der Waals surface area contributed by atoms with Crippen LogP contribution in [0.1, 0.15) is 20.8 Å². The first kappa shape index (κ1) is 15.4. The minimum Gasteiger partial charge on any atom is -0.378 e. The van der Waals surface area contributed by atoms with Gasteiger partial charge in [0.05, 0.1) is 18.1 Å².